The molecule has 2 rings (SSSR count). The minimum Gasteiger partial charge on any atom is -0.395 e. The van der Waals surface area contributed by atoms with Crippen LogP contribution in [0.4, 0.5) is 0 Å². The first kappa shape index (κ1) is 11.5. The van der Waals surface area contributed by atoms with Crippen molar-refractivity contribution in [3.63, 3.8) is 0 Å². The molecule has 1 aliphatic heterocycles. The van der Waals surface area contributed by atoms with Crippen LogP contribution in [0.5, 0.6) is 0 Å². The van der Waals surface area contributed by atoms with E-state index in [9.17, 15) is 0 Å². The monoisotopic (exact) mass is 226 g/mol. The van der Waals surface area contributed by atoms with E-state index < -0.39 is 0 Å². The van der Waals surface area contributed by atoms with Gasteiger partial charge in [-0.25, -0.2) is 0 Å². The maximum atomic E-state index is 8.83. The third-order valence-corrected chi connectivity index (χ3v) is 2.82. The lowest BCUT2D eigenvalue weighted by atomic mass is 10.3. The van der Waals surface area contributed by atoms with Crippen molar-refractivity contribution in [2.45, 2.75) is 13.5 Å². The first-order valence-corrected chi connectivity index (χ1v) is 5.62. The molecule has 2 heterocycles. The lowest BCUT2D eigenvalue weighted by Crippen LogP contribution is -2.46. The van der Waals surface area contributed by atoms with Crippen LogP contribution >= 0.6 is 0 Å². The summed E-state index contributed by atoms with van der Waals surface area (Å²) in [7, 11) is 0. The molecule has 1 aromatic heterocycles. The number of aryl methyl sites for hydroxylation is 1. The fraction of sp³-hybridized carbons (Fsp3) is 0.800. The van der Waals surface area contributed by atoms with E-state index in [0.29, 0.717) is 5.89 Å². The number of nitrogens with zero attached hydrogens (tertiary/aromatic N) is 4. The van der Waals surface area contributed by atoms with Crippen molar-refractivity contribution < 1.29 is 9.63 Å². The lowest BCUT2D eigenvalue weighted by Gasteiger charge is -2.33. The highest BCUT2D eigenvalue weighted by Gasteiger charge is 2.17. The highest BCUT2D eigenvalue weighted by molar-refractivity contribution is 4.85. The van der Waals surface area contributed by atoms with E-state index in [2.05, 4.69) is 19.9 Å². The Morgan fingerprint density at radius 2 is 1.94 bits per heavy atom. The second-order valence-electron chi connectivity index (χ2n) is 4.07. The van der Waals surface area contributed by atoms with Crippen molar-refractivity contribution in [3.8, 4) is 0 Å². The predicted octanol–water partition coefficient (Wildman–Crippen LogP) is -0.512. The van der Waals surface area contributed by atoms with Gasteiger partial charge in [0, 0.05) is 39.6 Å². The summed E-state index contributed by atoms with van der Waals surface area (Å²) in [5, 5.41) is 12.7. The fourth-order valence-corrected chi connectivity index (χ4v) is 1.92. The van der Waals surface area contributed by atoms with Gasteiger partial charge in [0.25, 0.3) is 0 Å². The second kappa shape index (κ2) is 5.38. The van der Waals surface area contributed by atoms with Crippen molar-refractivity contribution in [1.82, 2.24) is 19.9 Å². The summed E-state index contributed by atoms with van der Waals surface area (Å²) < 4.78 is 4.93. The average molecular weight is 226 g/mol. The normalized spacial score (nSPS) is 19.1. The van der Waals surface area contributed by atoms with Gasteiger partial charge >= 0.3 is 0 Å². The largest absolute Gasteiger partial charge is 0.395 e. The molecule has 16 heavy (non-hydrogen) atoms. The maximum Gasteiger partial charge on any atom is 0.223 e. The molecule has 6 nitrogen and oxygen atoms in total. The van der Waals surface area contributed by atoms with Crippen LogP contribution < -0.4 is 0 Å². The summed E-state index contributed by atoms with van der Waals surface area (Å²) in [5.74, 6) is 1.38. The van der Waals surface area contributed by atoms with Crippen molar-refractivity contribution >= 4 is 0 Å². The van der Waals surface area contributed by atoms with Crippen LogP contribution in [0.3, 0.4) is 0 Å². The highest BCUT2D eigenvalue weighted by atomic mass is 16.5. The molecule has 0 spiro atoms. The molecule has 0 atom stereocenters. The topological polar surface area (TPSA) is 65.6 Å². The molecule has 0 saturated carbocycles. The maximum absolute atomic E-state index is 8.83. The fourth-order valence-electron chi connectivity index (χ4n) is 1.92. The Morgan fingerprint density at radius 3 is 2.50 bits per heavy atom. The SMILES string of the molecule is Cc1nc(CN2CCN(CCO)CC2)no1. The average Bonchev–Trinajstić information content (AvgIpc) is 2.67. The van der Waals surface area contributed by atoms with Gasteiger partial charge in [0.2, 0.25) is 5.89 Å². The second-order valence-corrected chi connectivity index (χ2v) is 4.07. The van der Waals surface area contributed by atoms with Gasteiger partial charge in [-0.05, 0) is 0 Å². The minimum absolute atomic E-state index is 0.240. The Balaban J connectivity index is 1.77. The summed E-state index contributed by atoms with van der Waals surface area (Å²) in [6.07, 6.45) is 0. The van der Waals surface area contributed by atoms with Gasteiger partial charge in [-0.3, -0.25) is 9.80 Å². The Labute approximate surface area is 94.8 Å². The summed E-state index contributed by atoms with van der Waals surface area (Å²) in [5.41, 5.74) is 0. The summed E-state index contributed by atoms with van der Waals surface area (Å²) in [6, 6.07) is 0. The zero-order chi connectivity index (χ0) is 11.4. The molecule has 6 heteroatoms. The van der Waals surface area contributed by atoms with E-state index in [-0.39, 0.29) is 6.61 Å². The first-order chi connectivity index (χ1) is 7.78. The van der Waals surface area contributed by atoms with Crippen LogP contribution in [0.15, 0.2) is 4.52 Å². The number of hydrogen-bond donors (Lipinski definition) is 1. The van der Waals surface area contributed by atoms with Gasteiger partial charge in [-0.1, -0.05) is 5.16 Å². The molecular weight excluding hydrogens is 208 g/mol. The summed E-state index contributed by atoms with van der Waals surface area (Å²) >= 11 is 0. The van der Waals surface area contributed by atoms with Crippen molar-refractivity contribution in [2.24, 2.45) is 0 Å². The highest BCUT2D eigenvalue weighted by Crippen LogP contribution is 2.05. The standard InChI is InChI=1S/C10H18N4O2/c1-9-11-10(12-16-9)8-14-4-2-13(3-5-14)6-7-15/h15H,2-8H2,1H3. The van der Waals surface area contributed by atoms with E-state index in [4.69, 9.17) is 9.63 Å². The first-order valence-electron chi connectivity index (χ1n) is 5.62. The zero-order valence-corrected chi connectivity index (χ0v) is 9.59. The van der Waals surface area contributed by atoms with Crippen LogP contribution in [0.1, 0.15) is 11.7 Å². The van der Waals surface area contributed by atoms with Crippen LogP contribution in [0.2, 0.25) is 0 Å². The van der Waals surface area contributed by atoms with Crippen LogP contribution in [0, 0.1) is 6.92 Å². The number of aliphatic hydroxyl groups excluding tert-OH is 1. The quantitative estimate of drug-likeness (QED) is 0.746. The Kier molecular flexibility index (Phi) is 3.87. The smallest absolute Gasteiger partial charge is 0.223 e. The zero-order valence-electron chi connectivity index (χ0n) is 9.59. The number of β-amino-alcohol motifs (C(OH)–C–C–N with tert-alkyl or cyclic N) is 1. The van der Waals surface area contributed by atoms with Crippen LogP contribution in [0.25, 0.3) is 0 Å². The van der Waals surface area contributed by atoms with E-state index in [0.717, 1.165) is 45.1 Å². The molecular formula is C10H18N4O2. The van der Waals surface area contributed by atoms with Gasteiger partial charge < -0.3 is 9.63 Å². The molecule has 0 aliphatic carbocycles. The summed E-state index contributed by atoms with van der Waals surface area (Å²) in [4.78, 5) is 8.75. The lowest BCUT2D eigenvalue weighted by molar-refractivity contribution is 0.106. The van der Waals surface area contributed by atoms with Crippen molar-refractivity contribution in [2.75, 3.05) is 39.3 Å². The van der Waals surface area contributed by atoms with E-state index >= 15 is 0 Å². The molecule has 0 aromatic carbocycles. The number of aromatic nitrogens is 2. The van der Waals surface area contributed by atoms with E-state index in [1.54, 1.807) is 6.92 Å². The molecule has 0 bridgehead atoms. The van der Waals surface area contributed by atoms with Crippen LogP contribution in [-0.4, -0.2) is 64.4 Å². The van der Waals surface area contributed by atoms with Gasteiger partial charge in [0.05, 0.1) is 13.2 Å². The number of rotatable bonds is 4. The van der Waals surface area contributed by atoms with E-state index in [1.807, 2.05) is 0 Å². The van der Waals surface area contributed by atoms with Crippen molar-refractivity contribution in [1.29, 1.82) is 0 Å². The number of piperazine rings is 1. The molecule has 1 aromatic rings. The molecule has 1 saturated heterocycles. The number of aliphatic hydroxyl groups is 1. The third kappa shape index (κ3) is 3.01. The van der Waals surface area contributed by atoms with Gasteiger partial charge in [-0.15, -0.1) is 0 Å². The summed E-state index contributed by atoms with van der Waals surface area (Å²) in [6.45, 7) is 7.55. The Hall–Kier alpha value is -0.980. The molecule has 0 radical (unpaired) electrons. The van der Waals surface area contributed by atoms with Gasteiger partial charge in [0.15, 0.2) is 5.82 Å². The molecule has 0 unspecified atom stereocenters. The predicted molar refractivity (Wildman–Crippen MR) is 57.8 cm³/mol. The molecule has 1 fully saturated rings. The van der Waals surface area contributed by atoms with Crippen LogP contribution in [-0.2, 0) is 6.54 Å². The molecule has 90 valence electrons. The van der Waals surface area contributed by atoms with Crippen molar-refractivity contribution in [3.05, 3.63) is 11.7 Å². The van der Waals surface area contributed by atoms with E-state index in [1.165, 1.54) is 0 Å². The Bertz CT molecular complexity index is 320. The Morgan fingerprint density at radius 1 is 1.25 bits per heavy atom. The van der Waals surface area contributed by atoms with Gasteiger partial charge in [-0.2, -0.15) is 4.98 Å². The molecule has 0 amide bonds. The molecule has 1 N–H and O–H groups in total. The molecule has 1 aliphatic rings. The number of hydrogen-bond acceptors (Lipinski definition) is 6. The van der Waals surface area contributed by atoms with Gasteiger partial charge in [0.1, 0.15) is 0 Å². The minimum atomic E-state index is 0.240. The third-order valence-electron chi connectivity index (χ3n) is 2.82.